The lowest BCUT2D eigenvalue weighted by Crippen LogP contribution is -2.14. The first-order chi connectivity index (χ1) is 7.50. The summed E-state index contributed by atoms with van der Waals surface area (Å²) in [6.07, 6.45) is 0. The van der Waals surface area contributed by atoms with Crippen molar-refractivity contribution in [1.29, 1.82) is 0 Å². The van der Waals surface area contributed by atoms with Crippen molar-refractivity contribution in [1.82, 2.24) is 5.32 Å². The molecule has 0 spiro atoms. The second-order valence-electron chi connectivity index (χ2n) is 3.16. The molecule has 0 aromatic heterocycles. The van der Waals surface area contributed by atoms with Gasteiger partial charge in [-0.1, -0.05) is 35.8 Å². The molecule has 1 aromatic rings. The lowest BCUT2D eigenvalue weighted by molar-refractivity contribution is -0.384. The number of benzene rings is 1. The van der Waals surface area contributed by atoms with E-state index in [2.05, 4.69) is 11.9 Å². The summed E-state index contributed by atoms with van der Waals surface area (Å²) >= 11 is 11.2. The Balaban J connectivity index is 2.71. The highest BCUT2D eigenvalue weighted by molar-refractivity contribution is 6.32. The van der Waals surface area contributed by atoms with Crippen molar-refractivity contribution in [2.75, 3.05) is 6.54 Å². The number of nitro benzene ring substituents is 1. The molecule has 0 heterocycles. The highest BCUT2D eigenvalue weighted by Gasteiger charge is 2.12. The summed E-state index contributed by atoms with van der Waals surface area (Å²) in [7, 11) is 0. The van der Waals surface area contributed by atoms with Crippen molar-refractivity contribution >= 4 is 28.9 Å². The van der Waals surface area contributed by atoms with Crippen molar-refractivity contribution in [3.05, 3.63) is 50.5 Å². The Morgan fingerprint density at radius 1 is 1.56 bits per heavy atom. The van der Waals surface area contributed by atoms with Crippen molar-refractivity contribution in [2.45, 2.75) is 6.54 Å². The number of nitrogens with zero attached hydrogens (tertiary/aromatic N) is 1. The van der Waals surface area contributed by atoms with E-state index in [1.54, 1.807) is 6.07 Å². The molecule has 1 rings (SSSR count). The minimum absolute atomic E-state index is 0.0920. The Hall–Kier alpha value is -1.10. The van der Waals surface area contributed by atoms with E-state index in [1.165, 1.54) is 12.1 Å². The topological polar surface area (TPSA) is 55.2 Å². The third-order valence-electron chi connectivity index (χ3n) is 1.85. The maximum absolute atomic E-state index is 10.6. The number of hydrogen-bond donors (Lipinski definition) is 1. The number of nitrogens with one attached hydrogen (secondary N) is 1. The monoisotopic (exact) mass is 260 g/mol. The SMILES string of the molecule is C=C(Cl)CNCc1ccc(Cl)c([N+](=O)[O-])c1. The van der Waals surface area contributed by atoms with E-state index in [4.69, 9.17) is 23.2 Å². The molecule has 0 saturated carbocycles. The van der Waals surface area contributed by atoms with Gasteiger partial charge in [0.15, 0.2) is 0 Å². The molecule has 6 heteroatoms. The first kappa shape index (κ1) is 13.0. The van der Waals surface area contributed by atoms with E-state index in [9.17, 15) is 10.1 Å². The van der Waals surface area contributed by atoms with Crippen molar-refractivity contribution in [2.24, 2.45) is 0 Å². The zero-order valence-electron chi connectivity index (χ0n) is 8.37. The third kappa shape index (κ3) is 3.81. The number of nitro groups is 1. The fraction of sp³-hybridized carbons (Fsp3) is 0.200. The fourth-order valence-electron chi connectivity index (χ4n) is 1.15. The van der Waals surface area contributed by atoms with Crippen LogP contribution in [0, 0.1) is 10.1 Å². The molecule has 0 aliphatic heterocycles. The minimum atomic E-state index is -0.508. The second-order valence-corrected chi connectivity index (χ2v) is 4.11. The van der Waals surface area contributed by atoms with Gasteiger partial charge < -0.3 is 5.32 Å². The summed E-state index contributed by atoms with van der Waals surface area (Å²) in [6.45, 7) is 4.45. The average Bonchev–Trinajstić information content (AvgIpc) is 2.19. The molecular formula is C10H10Cl2N2O2. The molecule has 0 saturated heterocycles. The van der Waals surface area contributed by atoms with Gasteiger partial charge in [-0.15, -0.1) is 0 Å². The Morgan fingerprint density at radius 3 is 2.81 bits per heavy atom. The van der Waals surface area contributed by atoms with Crippen LogP contribution in [-0.4, -0.2) is 11.5 Å². The van der Waals surface area contributed by atoms with Crippen LogP contribution in [0.15, 0.2) is 29.8 Å². The van der Waals surface area contributed by atoms with Gasteiger partial charge in [-0.25, -0.2) is 0 Å². The van der Waals surface area contributed by atoms with Crippen LogP contribution in [0.1, 0.15) is 5.56 Å². The van der Waals surface area contributed by atoms with E-state index in [-0.39, 0.29) is 10.7 Å². The second kappa shape index (κ2) is 5.84. The van der Waals surface area contributed by atoms with Gasteiger partial charge in [0.25, 0.3) is 5.69 Å². The minimum Gasteiger partial charge on any atom is -0.308 e. The average molecular weight is 261 g/mol. The summed E-state index contributed by atoms with van der Waals surface area (Å²) in [6, 6.07) is 4.66. The first-order valence-corrected chi connectivity index (χ1v) is 5.23. The quantitative estimate of drug-likeness (QED) is 0.654. The zero-order valence-corrected chi connectivity index (χ0v) is 9.88. The smallest absolute Gasteiger partial charge is 0.288 e. The van der Waals surface area contributed by atoms with Crippen LogP contribution in [0.3, 0.4) is 0 Å². The van der Waals surface area contributed by atoms with E-state index >= 15 is 0 Å². The van der Waals surface area contributed by atoms with Gasteiger partial charge in [-0.2, -0.15) is 0 Å². The maximum atomic E-state index is 10.6. The molecule has 0 fully saturated rings. The van der Waals surface area contributed by atoms with Crippen LogP contribution in [0.2, 0.25) is 5.02 Å². The molecule has 86 valence electrons. The van der Waals surface area contributed by atoms with E-state index in [1.807, 2.05) is 0 Å². The van der Waals surface area contributed by atoms with Crippen molar-refractivity contribution in [3.63, 3.8) is 0 Å². The molecular weight excluding hydrogens is 251 g/mol. The van der Waals surface area contributed by atoms with E-state index < -0.39 is 4.92 Å². The van der Waals surface area contributed by atoms with E-state index in [0.717, 1.165) is 5.56 Å². The molecule has 0 aliphatic rings. The van der Waals surface area contributed by atoms with Gasteiger partial charge in [0.05, 0.1) is 4.92 Å². The van der Waals surface area contributed by atoms with Crippen molar-refractivity contribution in [3.8, 4) is 0 Å². The van der Waals surface area contributed by atoms with Gasteiger partial charge >= 0.3 is 0 Å². The molecule has 0 amide bonds. The fourth-order valence-corrected chi connectivity index (χ4v) is 1.43. The van der Waals surface area contributed by atoms with Crippen LogP contribution >= 0.6 is 23.2 Å². The zero-order chi connectivity index (χ0) is 12.1. The summed E-state index contributed by atoms with van der Waals surface area (Å²) < 4.78 is 0. The van der Waals surface area contributed by atoms with Gasteiger partial charge in [0.2, 0.25) is 0 Å². The predicted molar refractivity (Wildman–Crippen MR) is 64.8 cm³/mol. The van der Waals surface area contributed by atoms with Crippen LogP contribution < -0.4 is 5.32 Å². The van der Waals surface area contributed by atoms with Crippen LogP contribution in [0.4, 0.5) is 5.69 Å². The number of hydrogen-bond acceptors (Lipinski definition) is 3. The van der Waals surface area contributed by atoms with E-state index in [0.29, 0.717) is 18.1 Å². The highest BCUT2D eigenvalue weighted by Crippen LogP contribution is 2.24. The summed E-state index contributed by atoms with van der Waals surface area (Å²) in [5.41, 5.74) is 0.680. The molecule has 1 N–H and O–H groups in total. The Kier molecular flexibility index (Phi) is 4.73. The van der Waals surface area contributed by atoms with Crippen LogP contribution in [-0.2, 0) is 6.54 Å². The summed E-state index contributed by atoms with van der Waals surface area (Å²) in [5.74, 6) is 0. The molecule has 0 unspecified atom stereocenters. The summed E-state index contributed by atoms with van der Waals surface area (Å²) in [4.78, 5) is 10.1. The number of halogens is 2. The molecule has 1 aromatic carbocycles. The molecule has 0 bridgehead atoms. The largest absolute Gasteiger partial charge is 0.308 e. The predicted octanol–water partition coefficient (Wildman–Crippen LogP) is 3.09. The Morgan fingerprint density at radius 2 is 2.25 bits per heavy atom. The molecule has 4 nitrogen and oxygen atoms in total. The van der Waals surface area contributed by atoms with Crippen molar-refractivity contribution < 1.29 is 4.92 Å². The van der Waals surface area contributed by atoms with Gasteiger partial charge in [-0.3, -0.25) is 10.1 Å². The lowest BCUT2D eigenvalue weighted by Gasteiger charge is -2.04. The van der Waals surface area contributed by atoms with Crippen LogP contribution in [0.25, 0.3) is 0 Å². The molecule has 0 aliphatic carbocycles. The molecule has 0 radical (unpaired) electrons. The lowest BCUT2D eigenvalue weighted by atomic mass is 10.2. The molecule has 16 heavy (non-hydrogen) atoms. The first-order valence-electron chi connectivity index (χ1n) is 4.47. The highest BCUT2D eigenvalue weighted by atomic mass is 35.5. The Bertz CT molecular complexity index is 421. The number of rotatable bonds is 5. The summed E-state index contributed by atoms with van der Waals surface area (Å²) in [5, 5.41) is 14.2. The maximum Gasteiger partial charge on any atom is 0.288 e. The normalized spacial score (nSPS) is 10.1. The third-order valence-corrected chi connectivity index (χ3v) is 2.31. The molecule has 0 atom stereocenters. The van der Waals surface area contributed by atoms with Gasteiger partial charge in [0.1, 0.15) is 5.02 Å². The standard InChI is InChI=1S/C10H10Cl2N2O2/c1-7(11)5-13-6-8-2-3-9(12)10(4-8)14(15)16/h2-4,13H,1,5-6H2. The van der Waals surface area contributed by atoms with Gasteiger partial charge in [0, 0.05) is 24.2 Å². The van der Waals surface area contributed by atoms with Gasteiger partial charge in [-0.05, 0) is 11.6 Å². The van der Waals surface area contributed by atoms with Crippen LogP contribution in [0.5, 0.6) is 0 Å². The Labute approximate surface area is 103 Å².